The van der Waals surface area contributed by atoms with Crippen LogP contribution in [0.5, 0.6) is 0 Å². The summed E-state index contributed by atoms with van der Waals surface area (Å²) in [6.45, 7) is 5.51. The molecule has 2 atom stereocenters. The van der Waals surface area contributed by atoms with Crippen molar-refractivity contribution in [3.05, 3.63) is 0 Å². The number of likely N-dealkylation sites (tertiary alicyclic amines) is 1. The zero-order valence-electron chi connectivity index (χ0n) is 10.6. The summed E-state index contributed by atoms with van der Waals surface area (Å²) < 4.78 is 9.73. The van der Waals surface area contributed by atoms with Gasteiger partial charge in [-0.3, -0.25) is 4.90 Å². The average molecular weight is 245 g/mol. The number of methoxy groups -OCH3 is 1. The van der Waals surface area contributed by atoms with Crippen LogP contribution in [-0.2, 0) is 14.3 Å². The van der Waals surface area contributed by atoms with Crippen molar-refractivity contribution in [3.8, 4) is 0 Å². The van der Waals surface area contributed by atoms with E-state index in [1.807, 2.05) is 0 Å². The molecule has 0 aromatic rings. The molecule has 1 saturated heterocycles. The van der Waals surface area contributed by atoms with Crippen LogP contribution in [0.15, 0.2) is 0 Å². The normalized spacial score (nSPS) is 24.6. The first-order valence-electron chi connectivity index (χ1n) is 5.52. The number of aliphatic hydroxyl groups excluding tert-OH is 1. The van der Waals surface area contributed by atoms with Gasteiger partial charge in [-0.15, -0.1) is 0 Å². The van der Waals surface area contributed by atoms with Gasteiger partial charge in [-0.1, -0.05) is 0 Å². The summed E-state index contributed by atoms with van der Waals surface area (Å²) in [5.41, 5.74) is -0.634. The molecule has 0 aromatic heterocycles. The number of rotatable bonds is 1. The minimum Gasteiger partial charge on any atom is -0.467 e. The summed E-state index contributed by atoms with van der Waals surface area (Å²) in [4.78, 5) is 24.5. The highest BCUT2D eigenvalue weighted by molar-refractivity contribution is 5.82. The van der Waals surface area contributed by atoms with Gasteiger partial charge in [0.05, 0.1) is 13.2 Å². The minimum atomic E-state index is -0.963. The highest BCUT2D eigenvalue weighted by Gasteiger charge is 2.43. The molecule has 1 rings (SSSR count). The molecule has 1 aliphatic rings. The molecule has 1 heterocycles. The Morgan fingerprint density at radius 3 is 2.41 bits per heavy atom. The fourth-order valence-electron chi connectivity index (χ4n) is 1.71. The zero-order valence-corrected chi connectivity index (χ0v) is 10.6. The van der Waals surface area contributed by atoms with Gasteiger partial charge in [0.1, 0.15) is 5.60 Å². The van der Waals surface area contributed by atoms with Gasteiger partial charge in [0.2, 0.25) is 0 Å². The minimum absolute atomic E-state index is 0.288. The van der Waals surface area contributed by atoms with Crippen LogP contribution in [-0.4, -0.2) is 53.5 Å². The van der Waals surface area contributed by atoms with Crippen LogP contribution in [0.25, 0.3) is 0 Å². The quantitative estimate of drug-likeness (QED) is 0.682. The van der Waals surface area contributed by atoms with Crippen molar-refractivity contribution in [1.82, 2.24) is 4.90 Å². The SMILES string of the molecule is COC(=O)C1[C@H](O)CCN1C(=O)OC(C)(C)C. The van der Waals surface area contributed by atoms with Crippen LogP contribution in [0.4, 0.5) is 4.79 Å². The van der Waals surface area contributed by atoms with Crippen LogP contribution in [0.3, 0.4) is 0 Å². The summed E-state index contributed by atoms with van der Waals surface area (Å²) in [6.07, 6.45) is -1.15. The van der Waals surface area contributed by atoms with Crippen molar-refractivity contribution >= 4 is 12.1 Å². The number of amides is 1. The van der Waals surface area contributed by atoms with Gasteiger partial charge in [0.25, 0.3) is 0 Å². The maximum absolute atomic E-state index is 11.8. The second-order valence-electron chi connectivity index (χ2n) is 5.00. The lowest BCUT2D eigenvalue weighted by molar-refractivity contribution is -0.148. The predicted octanol–water partition coefficient (Wildman–Crippen LogP) is 0.530. The van der Waals surface area contributed by atoms with E-state index in [0.717, 1.165) is 0 Å². The highest BCUT2D eigenvalue weighted by atomic mass is 16.6. The third-order valence-electron chi connectivity index (χ3n) is 2.44. The topological polar surface area (TPSA) is 76.1 Å². The van der Waals surface area contributed by atoms with Crippen LogP contribution in [0.1, 0.15) is 27.2 Å². The third-order valence-corrected chi connectivity index (χ3v) is 2.44. The number of hydrogen-bond acceptors (Lipinski definition) is 5. The Labute approximate surface area is 100 Å². The average Bonchev–Trinajstić information content (AvgIpc) is 2.56. The Morgan fingerprint density at radius 2 is 1.94 bits per heavy atom. The highest BCUT2D eigenvalue weighted by Crippen LogP contribution is 2.22. The summed E-state index contributed by atoms with van der Waals surface area (Å²) in [7, 11) is 1.22. The predicted molar refractivity (Wildman–Crippen MR) is 59.4 cm³/mol. The first-order chi connectivity index (χ1) is 7.76. The summed E-state index contributed by atoms with van der Waals surface area (Å²) in [6, 6.07) is -0.963. The summed E-state index contributed by atoms with van der Waals surface area (Å²) in [5.74, 6) is -0.624. The lowest BCUT2D eigenvalue weighted by Crippen LogP contribution is -2.47. The number of carbonyl (C=O) groups excluding carboxylic acids is 2. The molecule has 0 aliphatic carbocycles. The first kappa shape index (κ1) is 13.8. The van der Waals surface area contributed by atoms with Crippen LogP contribution >= 0.6 is 0 Å². The largest absolute Gasteiger partial charge is 0.467 e. The molecular formula is C11H19NO5. The summed E-state index contributed by atoms with van der Waals surface area (Å²) in [5, 5.41) is 9.66. The molecule has 1 fully saturated rings. The van der Waals surface area contributed by atoms with Gasteiger partial charge in [0.15, 0.2) is 6.04 Å². The molecule has 6 nitrogen and oxygen atoms in total. The van der Waals surface area contributed by atoms with E-state index >= 15 is 0 Å². The molecule has 1 amide bonds. The van der Waals surface area contributed by atoms with Gasteiger partial charge >= 0.3 is 12.1 Å². The standard InChI is InChI=1S/C11H19NO5/c1-11(2,3)17-10(15)12-6-5-7(13)8(12)9(14)16-4/h7-8,13H,5-6H2,1-4H3/t7-,8?/m1/s1. The summed E-state index contributed by atoms with van der Waals surface area (Å²) >= 11 is 0. The third kappa shape index (κ3) is 3.33. The fraction of sp³-hybridized carbons (Fsp3) is 0.818. The number of ether oxygens (including phenoxy) is 2. The molecule has 17 heavy (non-hydrogen) atoms. The number of esters is 1. The second-order valence-corrected chi connectivity index (χ2v) is 5.00. The molecule has 0 spiro atoms. The van der Waals surface area contributed by atoms with E-state index in [1.54, 1.807) is 20.8 Å². The van der Waals surface area contributed by atoms with Crippen molar-refractivity contribution in [2.75, 3.05) is 13.7 Å². The number of aliphatic hydroxyl groups is 1. The van der Waals surface area contributed by atoms with Gasteiger partial charge in [-0.05, 0) is 27.2 Å². The van der Waals surface area contributed by atoms with Crippen LogP contribution < -0.4 is 0 Å². The lowest BCUT2D eigenvalue weighted by atomic mass is 10.2. The number of hydrogen-bond donors (Lipinski definition) is 1. The molecule has 1 N–H and O–H groups in total. The molecule has 0 aromatic carbocycles. The van der Waals surface area contributed by atoms with Gasteiger partial charge in [-0.2, -0.15) is 0 Å². The Balaban J connectivity index is 2.76. The van der Waals surface area contributed by atoms with Crippen molar-refractivity contribution in [2.45, 2.75) is 44.9 Å². The van der Waals surface area contributed by atoms with E-state index in [-0.39, 0.29) is 6.54 Å². The van der Waals surface area contributed by atoms with Gasteiger partial charge in [-0.25, -0.2) is 9.59 Å². The Kier molecular flexibility index (Phi) is 3.98. The zero-order chi connectivity index (χ0) is 13.2. The molecule has 1 aliphatic heterocycles. The Hall–Kier alpha value is -1.30. The molecule has 0 saturated carbocycles. The van der Waals surface area contributed by atoms with E-state index in [4.69, 9.17) is 4.74 Å². The lowest BCUT2D eigenvalue weighted by Gasteiger charge is -2.27. The van der Waals surface area contributed by atoms with Gasteiger partial charge in [0, 0.05) is 6.54 Å². The number of nitrogens with zero attached hydrogens (tertiary/aromatic N) is 1. The molecular weight excluding hydrogens is 226 g/mol. The molecule has 0 radical (unpaired) electrons. The second kappa shape index (κ2) is 4.91. The van der Waals surface area contributed by atoms with Crippen molar-refractivity contribution in [2.24, 2.45) is 0 Å². The first-order valence-corrected chi connectivity index (χ1v) is 5.52. The smallest absolute Gasteiger partial charge is 0.411 e. The van der Waals surface area contributed by atoms with Crippen molar-refractivity contribution in [3.63, 3.8) is 0 Å². The van der Waals surface area contributed by atoms with E-state index in [1.165, 1.54) is 12.0 Å². The molecule has 6 heteroatoms. The maximum atomic E-state index is 11.8. The fourth-order valence-corrected chi connectivity index (χ4v) is 1.71. The Morgan fingerprint density at radius 1 is 1.35 bits per heavy atom. The maximum Gasteiger partial charge on any atom is 0.411 e. The van der Waals surface area contributed by atoms with E-state index in [2.05, 4.69) is 4.74 Å². The molecule has 0 bridgehead atoms. The Bertz CT molecular complexity index is 309. The molecule has 98 valence electrons. The monoisotopic (exact) mass is 245 g/mol. The van der Waals surface area contributed by atoms with Crippen LogP contribution in [0, 0.1) is 0 Å². The number of carbonyl (C=O) groups is 2. The van der Waals surface area contributed by atoms with E-state index in [0.29, 0.717) is 6.42 Å². The van der Waals surface area contributed by atoms with E-state index in [9.17, 15) is 14.7 Å². The van der Waals surface area contributed by atoms with Crippen LogP contribution in [0.2, 0.25) is 0 Å². The van der Waals surface area contributed by atoms with Crippen molar-refractivity contribution < 1.29 is 24.2 Å². The van der Waals surface area contributed by atoms with E-state index < -0.39 is 29.8 Å². The van der Waals surface area contributed by atoms with Crippen molar-refractivity contribution in [1.29, 1.82) is 0 Å². The van der Waals surface area contributed by atoms with Gasteiger partial charge < -0.3 is 14.6 Å². The molecule has 1 unspecified atom stereocenters.